The van der Waals surface area contributed by atoms with Crippen LogP contribution >= 0.6 is 7.82 Å². The van der Waals surface area contributed by atoms with Crippen LogP contribution in [0.5, 0.6) is 0 Å². The zero-order valence-electron chi connectivity index (χ0n) is 37.8. The number of unbranched alkanes of at least 4 members (excludes halogenated alkanes) is 23. The van der Waals surface area contributed by atoms with Crippen LogP contribution in [-0.2, 0) is 18.4 Å². The largest absolute Gasteiger partial charge is 0.472 e. The molecule has 8 nitrogen and oxygen atoms in total. The van der Waals surface area contributed by atoms with Crippen molar-refractivity contribution in [1.29, 1.82) is 0 Å². The summed E-state index contributed by atoms with van der Waals surface area (Å²) in [6.45, 7) is 4.66. The van der Waals surface area contributed by atoms with Gasteiger partial charge in [-0.15, -0.1) is 0 Å². The van der Waals surface area contributed by atoms with E-state index in [0.29, 0.717) is 17.4 Å². The Bertz CT molecular complexity index is 1070. The number of phosphoric acid groups is 1. The van der Waals surface area contributed by atoms with Gasteiger partial charge in [0, 0.05) is 6.42 Å². The number of rotatable bonds is 42. The molecular weight excluding hydrogens is 732 g/mol. The van der Waals surface area contributed by atoms with E-state index in [1.165, 1.54) is 128 Å². The van der Waals surface area contributed by atoms with Crippen LogP contribution in [0.4, 0.5) is 0 Å². The van der Waals surface area contributed by atoms with Crippen LogP contribution < -0.4 is 5.32 Å². The Labute approximate surface area is 352 Å². The van der Waals surface area contributed by atoms with Gasteiger partial charge in [0.15, 0.2) is 0 Å². The number of carbonyl (C=O) groups is 1. The molecule has 0 aliphatic rings. The summed E-state index contributed by atoms with van der Waals surface area (Å²) >= 11 is 0. The second kappa shape index (κ2) is 39.9. The van der Waals surface area contributed by atoms with E-state index in [4.69, 9.17) is 9.05 Å². The predicted octanol–water partition coefficient (Wildman–Crippen LogP) is 13.2. The lowest BCUT2D eigenvalue weighted by atomic mass is 10.0. The van der Waals surface area contributed by atoms with E-state index in [1.54, 1.807) is 6.08 Å². The second-order valence-electron chi connectivity index (χ2n) is 17.1. The van der Waals surface area contributed by atoms with Gasteiger partial charge in [-0.2, -0.15) is 0 Å². The minimum Gasteiger partial charge on any atom is -0.387 e. The summed E-state index contributed by atoms with van der Waals surface area (Å²) in [5.74, 6) is -0.196. The molecule has 0 aliphatic heterocycles. The molecule has 0 rings (SSSR count). The number of allylic oxidation sites excluding steroid dienone is 7. The molecular formula is C48H92N2O6P+. The number of likely N-dealkylation sites (N-methyl/N-ethyl adjacent to an activating group) is 1. The van der Waals surface area contributed by atoms with E-state index in [9.17, 15) is 19.4 Å². The van der Waals surface area contributed by atoms with Crippen LogP contribution in [0.2, 0.25) is 0 Å². The Kier molecular flexibility index (Phi) is 38.8. The number of phosphoric ester groups is 1. The molecule has 0 radical (unpaired) electrons. The Hall–Kier alpha value is -1.54. The molecule has 9 heteroatoms. The van der Waals surface area contributed by atoms with E-state index >= 15 is 0 Å². The van der Waals surface area contributed by atoms with Crippen molar-refractivity contribution in [1.82, 2.24) is 5.32 Å². The predicted molar refractivity (Wildman–Crippen MR) is 244 cm³/mol. The van der Waals surface area contributed by atoms with Gasteiger partial charge >= 0.3 is 7.82 Å². The van der Waals surface area contributed by atoms with Crippen molar-refractivity contribution in [2.75, 3.05) is 40.9 Å². The summed E-state index contributed by atoms with van der Waals surface area (Å²) in [4.78, 5) is 23.1. The number of aliphatic hydroxyl groups is 1. The maximum atomic E-state index is 12.9. The first-order valence-corrected chi connectivity index (χ1v) is 25.0. The maximum absolute atomic E-state index is 12.9. The van der Waals surface area contributed by atoms with Gasteiger partial charge in [0.2, 0.25) is 5.91 Å². The van der Waals surface area contributed by atoms with Crippen LogP contribution in [-0.4, -0.2) is 73.4 Å². The van der Waals surface area contributed by atoms with Crippen LogP contribution in [0.1, 0.15) is 200 Å². The first-order chi connectivity index (χ1) is 27.5. The van der Waals surface area contributed by atoms with Crippen LogP contribution in [0, 0.1) is 0 Å². The minimum absolute atomic E-state index is 0.0519. The molecule has 3 N–H and O–H groups in total. The monoisotopic (exact) mass is 824 g/mol. The fraction of sp³-hybridized carbons (Fsp3) is 0.812. The Morgan fingerprint density at radius 1 is 0.596 bits per heavy atom. The van der Waals surface area contributed by atoms with Gasteiger partial charge in [-0.3, -0.25) is 13.8 Å². The van der Waals surface area contributed by atoms with E-state index in [-0.39, 0.29) is 19.1 Å². The number of nitrogens with one attached hydrogen (secondary N) is 1. The minimum atomic E-state index is -4.35. The zero-order chi connectivity index (χ0) is 42.1. The smallest absolute Gasteiger partial charge is 0.387 e. The van der Waals surface area contributed by atoms with Crippen molar-refractivity contribution in [2.45, 2.75) is 212 Å². The summed E-state index contributed by atoms with van der Waals surface area (Å²) in [7, 11) is 1.54. The van der Waals surface area contributed by atoms with E-state index in [2.05, 4.69) is 55.6 Å². The third-order valence-corrected chi connectivity index (χ3v) is 11.2. The number of quaternary nitrogens is 1. The van der Waals surface area contributed by atoms with Gasteiger partial charge in [-0.05, 0) is 64.2 Å². The summed E-state index contributed by atoms with van der Waals surface area (Å²) in [6.07, 6.45) is 50.7. The highest BCUT2D eigenvalue weighted by Gasteiger charge is 2.27. The molecule has 334 valence electrons. The average Bonchev–Trinajstić information content (AvgIpc) is 3.16. The fourth-order valence-corrected chi connectivity index (χ4v) is 7.28. The third kappa shape index (κ3) is 42.4. The maximum Gasteiger partial charge on any atom is 0.472 e. The fourth-order valence-electron chi connectivity index (χ4n) is 6.55. The molecule has 57 heavy (non-hydrogen) atoms. The number of hydrogen-bond acceptors (Lipinski definition) is 5. The normalized spacial score (nSPS) is 14.7. The first kappa shape index (κ1) is 55.5. The van der Waals surface area contributed by atoms with E-state index in [1.807, 2.05) is 27.2 Å². The van der Waals surface area contributed by atoms with Gasteiger partial charge < -0.3 is 19.8 Å². The van der Waals surface area contributed by atoms with Gasteiger partial charge in [0.1, 0.15) is 13.2 Å². The highest BCUT2D eigenvalue weighted by Crippen LogP contribution is 2.43. The van der Waals surface area contributed by atoms with Crippen LogP contribution in [0.15, 0.2) is 48.6 Å². The zero-order valence-corrected chi connectivity index (χ0v) is 38.7. The Morgan fingerprint density at radius 2 is 1.02 bits per heavy atom. The second-order valence-corrected chi connectivity index (χ2v) is 18.5. The van der Waals surface area contributed by atoms with Crippen molar-refractivity contribution in [3.05, 3.63) is 48.6 Å². The Morgan fingerprint density at radius 3 is 1.49 bits per heavy atom. The molecule has 0 aliphatic carbocycles. The van der Waals surface area contributed by atoms with E-state index in [0.717, 1.165) is 51.4 Å². The highest BCUT2D eigenvalue weighted by atomic mass is 31.2. The number of amides is 1. The molecule has 0 aromatic heterocycles. The van der Waals surface area contributed by atoms with Gasteiger partial charge in [-0.25, -0.2) is 4.57 Å². The molecule has 0 saturated heterocycles. The third-order valence-electron chi connectivity index (χ3n) is 10.3. The molecule has 0 heterocycles. The lowest BCUT2D eigenvalue weighted by molar-refractivity contribution is -0.870. The van der Waals surface area contributed by atoms with E-state index < -0.39 is 20.0 Å². The highest BCUT2D eigenvalue weighted by molar-refractivity contribution is 7.47. The molecule has 0 fully saturated rings. The molecule has 0 saturated carbocycles. The Balaban J connectivity index is 4.19. The molecule has 1 amide bonds. The molecule has 0 aromatic carbocycles. The summed E-state index contributed by atoms with van der Waals surface area (Å²) in [6, 6.07) is -0.869. The summed E-state index contributed by atoms with van der Waals surface area (Å²) in [5.41, 5.74) is 0. The summed E-state index contributed by atoms with van der Waals surface area (Å²) in [5, 5.41) is 13.7. The molecule has 0 aromatic rings. The van der Waals surface area contributed by atoms with Crippen molar-refractivity contribution >= 4 is 13.7 Å². The van der Waals surface area contributed by atoms with Crippen molar-refractivity contribution < 1.29 is 32.9 Å². The quantitative estimate of drug-likeness (QED) is 0.0245. The number of hydrogen-bond donors (Lipinski definition) is 3. The number of aliphatic hydroxyl groups excluding tert-OH is 1. The van der Waals surface area contributed by atoms with Crippen molar-refractivity contribution in [3.8, 4) is 0 Å². The lowest BCUT2D eigenvalue weighted by Gasteiger charge is -2.25. The SMILES string of the molecule is CC/C=C/CC/C=C/CC/C=C/C(O)C(COP(=O)(O)OCC[N+](C)(C)C)NC(=O)CCCCCCCCCCC/C=C\CCCCCCCCCCCCCC. The van der Waals surface area contributed by atoms with Gasteiger partial charge in [-0.1, -0.05) is 178 Å². The average molecular weight is 824 g/mol. The number of carbonyl (C=O) groups excluding carboxylic acids is 1. The molecule has 0 bridgehead atoms. The van der Waals surface area contributed by atoms with Crippen LogP contribution in [0.3, 0.4) is 0 Å². The van der Waals surface area contributed by atoms with Crippen LogP contribution in [0.25, 0.3) is 0 Å². The number of nitrogens with zero attached hydrogens (tertiary/aromatic N) is 1. The van der Waals surface area contributed by atoms with Gasteiger partial charge in [0.05, 0.1) is 39.9 Å². The molecule has 3 atom stereocenters. The summed E-state index contributed by atoms with van der Waals surface area (Å²) < 4.78 is 23.5. The lowest BCUT2D eigenvalue weighted by Crippen LogP contribution is -2.45. The van der Waals surface area contributed by atoms with Crippen molar-refractivity contribution in [2.24, 2.45) is 0 Å². The van der Waals surface area contributed by atoms with Crippen molar-refractivity contribution in [3.63, 3.8) is 0 Å². The topological polar surface area (TPSA) is 105 Å². The molecule has 3 unspecified atom stereocenters. The van der Waals surface area contributed by atoms with Gasteiger partial charge in [0.25, 0.3) is 0 Å². The molecule has 0 spiro atoms. The first-order valence-electron chi connectivity index (χ1n) is 23.5. The standard InChI is InChI=1S/C48H91N2O6P/c1-6-8-10-12-14-16-18-19-20-21-22-23-24-25-26-27-28-29-30-31-32-34-36-38-40-42-48(52)49-46(45-56-57(53,54)55-44-43-50(3,4)5)47(51)41-39-37-35-33-17-15-13-11-9-7-2/h9,11,17,25-26,33,39,41,46-47,51H,6-8,10,12-16,18-24,27-32,34-38,40,42-45H2,1-5H3,(H-,49,52,53,54)/p+1/b11-9+,26-25-,33-17+,41-39+.